The molecule has 1 aliphatic rings. The van der Waals surface area contributed by atoms with Crippen molar-refractivity contribution in [3.8, 4) is 0 Å². The summed E-state index contributed by atoms with van der Waals surface area (Å²) in [6.07, 6.45) is 1.95. The third-order valence-corrected chi connectivity index (χ3v) is 3.73. The molecule has 0 atom stereocenters. The molecule has 21 heavy (non-hydrogen) atoms. The Balaban J connectivity index is 2.12. The number of hydrogen-bond donors (Lipinski definition) is 2. The second kappa shape index (κ2) is 6.91. The lowest BCUT2D eigenvalue weighted by atomic mass is 10.2. The Morgan fingerprint density at radius 3 is 2.76 bits per heavy atom. The lowest BCUT2D eigenvalue weighted by Crippen LogP contribution is -2.39. The molecule has 1 aromatic carbocycles. The number of benzene rings is 1. The van der Waals surface area contributed by atoms with Crippen LogP contribution in [0.15, 0.2) is 22.7 Å². The first-order valence-electron chi connectivity index (χ1n) is 6.62. The molecule has 6 nitrogen and oxygen atoms in total. The average Bonchev–Trinajstić information content (AvgIpc) is 3.25. The van der Waals surface area contributed by atoms with Gasteiger partial charge in [0.2, 0.25) is 0 Å². The van der Waals surface area contributed by atoms with Crippen LogP contribution in [0.5, 0.6) is 0 Å². The Kier molecular flexibility index (Phi) is 5.19. The van der Waals surface area contributed by atoms with Crippen molar-refractivity contribution in [3.63, 3.8) is 0 Å². The van der Waals surface area contributed by atoms with E-state index in [4.69, 9.17) is 4.74 Å². The molecule has 7 heteroatoms. The number of hydrogen-bond acceptors (Lipinski definition) is 3. The summed E-state index contributed by atoms with van der Waals surface area (Å²) < 4.78 is 5.66. The first kappa shape index (κ1) is 15.8. The number of nitrogens with one attached hydrogen (secondary N) is 1. The topological polar surface area (TPSA) is 78.9 Å². The zero-order chi connectivity index (χ0) is 15.4. The minimum Gasteiger partial charge on any atom is -0.478 e. The van der Waals surface area contributed by atoms with E-state index in [1.54, 1.807) is 24.1 Å². The number of carbonyl (C=O) groups is 2. The maximum atomic E-state index is 12.3. The number of carboxylic acids is 1. The predicted molar refractivity (Wildman–Crippen MR) is 81.7 cm³/mol. The van der Waals surface area contributed by atoms with Gasteiger partial charge < -0.3 is 20.1 Å². The van der Waals surface area contributed by atoms with Gasteiger partial charge in [-0.05, 0) is 31.0 Å². The molecule has 1 saturated carbocycles. The van der Waals surface area contributed by atoms with E-state index in [-0.39, 0.29) is 17.6 Å². The Morgan fingerprint density at radius 2 is 2.19 bits per heavy atom. The SMILES string of the molecule is COCCN(C(=O)Nc1ccc(Br)cc1C(=O)O)C1CC1. The number of anilines is 1. The second-order valence-corrected chi connectivity index (χ2v) is 5.76. The van der Waals surface area contributed by atoms with Crippen molar-refractivity contribution in [2.24, 2.45) is 0 Å². The number of rotatable bonds is 6. The number of amides is 2. The van der Waals surface area contributed by atoms with E-state index in [1.807, 2.05) is 0 Å². The molecule has 0 saturated heterocycles. The van der Waals surface area contributed by atoms with Crippen molar-refractivity contribution in [2.75, 3.05) is 25.6 Å². The van der Waals surface area contributed by atoms with Gasteiger partial charge in [-0.15, -0.1) is 0 Å². The lowest BCUT2D eigenvalue weighted by molar-refractivity contribution is 0.0698. The van der Waals surface area contributed by atoms with Gasteiger partial charge in [0, 0.05) is 24.2 Å². The van der Waals surface area contributed by atoms with E-state index >= 15 is 0 Å². The summed E-state index contributed by atoms with van der Waals surface area (Å²) >= 11 is 3.22. The summed E-state index contributed by atoms with van der Waals surface area (Å²) in [5.74, 6) is -1.08. The van der Waals surface area contributed by atoms with E-state index in [9.17, 15) is 14.7 Å². The van der Waals surface area contributed by atoms with Crippen LogP contribution in [0.25, 0.3) is 0 Å². The summed E-state index contributed by atoms with van der Waals surface area (Å²) in [6.45, 7) is 0.946. The molecule has 0 unspecified atom stereocenters. The van der Waals surface area contributed by atoms with Gasteiger partial charge in [-0.3, -0.25) is 0 Å². The summed E-state index contributed by atoms with van der Waals surface area (Å²) in [4.78, 5) is 25.2. The Hall–Kier alpha value is -1.60. The molecule has 0 bridgehead atoms. The number of aromatic carboxylic acids is 1. The van der Waals surface area contributed by atoms with Crippen LogP contribution in [0.4, 0.5) is 10.5 Å². The van der Waals surface area contributed by atoms with Crippen LogP contribution in [0.1, 0.15) is 23.2 Å². The van der Waals surface area contributed by atoms with Gasteiger partial charge in [0.15, 0.2) is 0 Å². The van der Waals surface area contributed by atoms with Crippen molar-refractivity contribution >= 4 is 33.6 Å². The quantitative estimate of drug-likeness (QED) is 0.821. The number of urea groups is 1. The van der Waals surface area contributed by atoms with Crippen LogP contribution < -0.4 is 5.32 Å². The van der Waals surface area contributed by atoms with E-state index in [0.717, 1.165) is 12.8 Å². The van der Waals surface area contributed by atoms with Gasteiger partial charge in [0.05, 0.1) is 17.9 Å². The molecule has 0 heterocycles. The minimum atomic E-state index is -1.08. The smallest absolute Gasteiger partial charge is 0.337 e. The molecule has 0 radical (unpaired) electrons. The largest absolute Gasteiger partial charge is 0.478 e. The third-order valence-electron chi connectivity index (χ3n) is 3.24. The van der Waals surface area contributed by atoms with Gasteiger partial charge in [0.25, 0.3) is 0 Å². The van der Waals surface area contributed by atoms with Crippen LogP contribution in [0.3, 0.4) is 0 Å². The van der Waals surface area contributed by atoms with Gasteiger partial charge in [0.1, 0.15) is 0 Å². The van der Waals surface area contributed by atoms with Gasteiger partial charge >= 0.3 is 12.0 Å². The average molecular weight is 357 g/mol. The van der Waals surface area contributed by atoms with Crippen molar-refractivity contribution in [2.45, 2.75) is 18.9 Å². The summed E-state index contributed by atoms with van der Waals surface area (Å²) in [5.41, 5.74) is 0.346. The highest BCUT2D eigenvalue weighted by Crippen LogP contribution is 2.28. The zero-order valence-electron chi connectivity index (χ0n) is 11.6. The van der Waals surface area contributed by atoms with E-state index in [0.29, 0.717) is 23.3 Å². The summed E-state index contributed by atoms with van der Waals surface area (Å²) in [5, 5.41) is 11.9. The predicted octanol–water partition coefficient (Wildman–Crippen LogP) is 2.79. The number of methoxy groups -OCH3 is 1. The van der Waals surface area contributed by atoms with E-state index in [2.05, 4.69) is 21.2 Å². The first-order valence-corrected chi connectivity index (χ1v) is 7.41. The summed E-state index contributed by atoms with van der Waals surface area (Å²) in [6, 6.07) is 4.67. The van der Waals surface area contributed by atoms with Crippen LogP contribution in [0, 0.1) is 0 Å². The Bertz CT molecular complexity index is 546. The molecule has 1 aromatic rings. The fourth-order valence-corrected chi connectivity index (χ4v) is 2.38. The van der Waals surface area contributed by atoms with Crippen LogP contribution >= 0.6 is 15.9 Å². The molecule has 0 aromatic heterocycles. The molecular formula is C14H17BrN2O4. The van der Waals surface area contributed by atoms with Crippen molar-refractivity contribution in [1.82, 2.24) is 4.90 Å². The molecule has 2 amide bonds. The Labute approximate surface area is 131 Å². The molecule has 0 aliphatic heterocycles. The third kappa shape index (κ3) is 4.18. The highest BCUT2D eigenvalue weighted by molar-refractivity contribution is 9.10. The van der Waals surface area contributed by atoms with Crippen molar-refractivity contribution in [1.29, 1.82) is 0 Å². The van der Waals surface area contributed by atoms with E-state index < -0.39 is 5.97 Å². The maximum Gasteiger partial charge on any atom is 0.337 e. The van der Waals surface area contributed by atoms with Gasteiger partial charge in [-0.2, -0.15) is 0 Å². The monoisotopic (exact) mass is 356 g/mol. The molecule has 2 N–H and O–H groups in total. The Morgan fingerprint density at radius 1 is 1.48 bits per heavy atom. The maximum absolute atomic E-state index is 12.3. The molecular weight excluding hydrogens is 340 g/mol. The lowest BCUT2D eigenvalue weighted by Gasteiger charge is -2.23. The van der Waals surface area contributed by atoms with Crippen LogP contribution in [0.2, 0.25) is 0 Å². The first-order chi connectivity index (χ1) is 10.0. The molecule has 0 spiro atoms. The fourth-order valence-electron chi connectivity index (χ4n) is 2.02. The molecule has 1 fully saturated rings. The van der Waals surface area contributed by atoms with Gasteiger partial charge in [-0.1, -0.05) is 15.9 Å². The highest BCUT2D eigenvalue weighted by Gasteiger charge is 2.32. The number of halogens is 1. The van der Waals surface area contributed by atoms with Gasteiger partial charge in [-0.25, -0.2) is 9.59 Å². The number of ether oxygens (including phenoxy) is 1. The van der Waals surface area contributed by atoms with E-state index in [1.165, 1.54) is 6.07 Å². The molecule has 114 valence electrons. The number of carbonyl (C=O) groups excluding carboxylic acids is 1. The standard InChI is InChI=1S/C14H17BrN2O4/c1-21-7-6-17(10-3-4-10)14(20)16-12-5-2-9(15)8-11(12)13(18)19/h2,5,8,10H,3-4,6-7H2,1H3,(H,16,20)(H,18,19). The van der Waals surface area contributed by atoms with Crippen LogP contribution in [-0.2, 0) is 4.74 Å². The normalized spacial score (nSPS) is 13.8. The molecule has 1 aliphatic carbocycles. The highest BCUT2D eigenvalue weighted by atomic mass is 79.9. The fraction of sp³-hybridized carbons (Fsp3) is 0.429. The molecule has 2 rings (SSSR count). The van der Waals surface area contributed by atoms with Crippen molar-refractivity contribution < 1.29 is 19.4 Å². The van der Waals surface area contributed by atoms with Crippen LogP contribution in [-0.4, -0.2) is 48.3 Å². The number of carboxylic acid groups (broad SMARTS) is 1. The number of nitrogens with zero attached hydrogens (tertiary/aromatic N) is 1. The zero-order valence-corrected chi connectivity index (χ0v) is 13.2. The second-order valence-electron chi connectivity index (χ2n) is 4.84. The van der Waals surface area contributed by atoms with Crippen molar-refractivity contribution in [3.05, 3.63) is 28.2 Å². The summed E-state index contributed by atoms with van der Waals surface area (Å²) in [7, 11) is 1.58. The minimum absolute atomic E-state index is 0.0558.